The predicted octanol–water partition coefficient (Wildman–Crippen LogP) is 2.66. The van der Waals surface area contributed by atoms with Gasteiger partial charge in [0, 0.05) is 5.56 Å². The first-order valence-corrected chi connectivity index (χ1v) is 6.32. The molecule has 1 heterocycles. The third-order valence-electron chi connectivity index (χ3n) is 2.94. The minimum absolute atomic E-state index is 0.0523. The summed E-state index contributed by atoms with van der Waals surface area (Å²) in [5, 5.41) is 13.1. The first-order chi connectivity index (χ1) is 8.06. The standard InChI is InChI=1S/C12H20ClN3O/c1-4-6-9-10(13)14-8-15-11(9)16-12(3,5-2)7-17/h8,17H,4-7H2,1-3H3,(H,14,15,16). The van der Waals surface area contributed by atoms with Crippen LogP contribution in [0, 0.1) is 0 Å². The van der Waals surface area contributed by atoms with Gasteiger partial charge in [-0.2, -0.15) is 0 Å². The molecule has 1 unspecified atom stereocenters. The van der Waals surface area contributed by atoms with Crippen LogP contribution in [-0.4, -0.2) is 27.2 Å². The second-order valence-corrected chi connectivity index (χ2v) is 4.80. The molecular weight excluding hydrogens is 238 g/mol. The predicted molar refractivity (Wildman–Crippen MR) is 70.4 cm³/mol. The van der Waals surface area contributed by atoms with Crippen LogP contribution >= 0.6 is 11.6 Å². The van der Waals surface area contributed by atoms with Crippen LogP contribution in [0.2, 0.25) is 5.15 Å². The summed E-state index contributed by atoms with van der Waals surface area (Å²) in [6.45, 7) is 6.11. The number of nitrogens with one attached hydrogen (secondary N) is 1. The molecule has 0 aliphatic rings. The molecule has 1 aromatic heterocycles. The summed E-state index contributed by atoms with van der Waals surface area (Å²) in [4.78, 5) is 8.21. The Morgan fingerprint density at radius 1 is 1.41 bits per heavy atom. The fraction of sp³-hybridized carbons (Fsp3) is 0.667. The topological polar surface area (TPSA) is 58.0 Å². The maximum Gasteiger partial charge on any atom is 0.137 e. The van der Waals surface area contributed by atoms with E-state index in [1.54, 1.807) is 0 Å². The Hall–Kier alpha value is -0.870. The fourth-order valence-corrected chi connectivity index (χ4v) is 1.72. The van der Waals surface area contributed by atoms with E-state index in [-0.39, 0.29) is 12.1 Å². The molecule has 4 nitrogen and oxygen atoms in total. The highest BCUT2D eigenvalue weighted by atomic mass is 35.5. The van der Waals surface area contributed by atoms with Crippen LogP contribution in [0.25, 0.3) is 0 Å². The van der Waals surface area contributed by atoms with Gasteiger partial charge in [0.15, 0.2) is 0 Å². The zero-order chi connectivity index (χ0) is 12.9. The van der Waals surface area contributed by atoms with E-state index in [4.69, 9.17) is 11.6 Å². The Morgan fingerprint density at radius 2 is 2.12 bits per heavy atom. The van der Waals surface area contributed by atoms with Crippen molar-refractivity contribution in [3.63, 3.8) is 0 Å². The molecule has 0 amide bonds. The average Bonchev–Trinajstić information content (AvgIpc) is 2.33. The molecule has 0 saturated heterocycles. The van der Waals surface area contributed by atoms with Crippen molar-refractivity contribution in [2.75, 3.05) is 11.9 Å². The molecule has 0 bridgehead atoms. The molecule has 1 aromatic rings. The van der Waals surface area contributed by atoms with E-state index in [1.165, 1.54) is 6.33 Å². The molecule has 0 aliphatic carbocycles. The molecule has 0 aliphatic heterocycles. The molecule has 0 fully saturated rings. The molecule has 96 valence electrons. The maximum atomic E-state index is 9.40. The highest BCUT2D eigenvalue weighted by Gasteiger charge is 2.23. The monoisotopic (exact) mass is 257 g/mol. The van der Waals surface area contributed by atoms with Crippen molar-refractivity contribution < 1.29 is 5.11 Å². The maximum absolute atomic E-state index is 9.40. The van der Waals surface area contributed by atoms with Crippen molar-refractivity contribution >= 4 is 17.4 Å². The van der Waals surface area contributed by atoms with E-state index in [2.05, 4.69) is 22.2 Å². The van der Waals surface area contributed by atoms with Gasteiger partial charge in [0.1, 0.15) is 17.3 Å². The van der Waals surface area contributed by atoms with Crippen LogP contribution in [0.5, 0.6) is 0 Å². The first-order valence-electron chi connectivity index (χ1n) is 5.94. The van der Waals surface area contributed by atoms with Crippen molar-refractivity contribution in [2.24, 2.45) is 0 Å². The van der Waals surface area contributed by atoms with Crippen LogP contribution in [0.1, 0.15) is 39.2 Å². The van der Waals surface area contributed by atoms with Gasteiger partial charge in [0.05, 0.1) is 12.1 Å². The number of aliphatic hydroxyl groups excluding tert-OH is 1. The molecule has 2 N–H and O–H groups in total. The van der Waals surface area contributed by atoms with Crippen molar-refractivity contribution in [2.45, 2.75) is 45.6 Å². The fourth-order valence-electron chi connectivity index (χ4n) is 1.50. The minimum atomic E-state index is -0.375. The molecule has 5 heteroatoms. The summed E-state index contributed by atoms with van der Waals surface area (Å²) in [7, 11) is 0. The Balaban J connectivity index is 3.01. The van der Waals surface area contributed by atoms with E-state index in [9.17, 15) is 5.11 Å². The quantitative estimate of drug-likeness (QED) is 0.770. The number of anilines is 1. The Bertz CT molecular complexity index is 367. The minimum Gasteiger partial charge on any atom is -0.394 e. The lowest BCUT2D eigenvalue weighted by Gasteiger charge is -2.28. The summed E-state index contributed by atoms with van der Waals surface area (Å²) in [6, 6.07) is 0. The first kappa shape index (κ1) is 14.2. The number of hydrogen-bond acceptors (Lipinski definition) is 4. The van der Waals surface area contributed by atoms with E-state index in [1.807, 2.05) is 13.8 Å². The average molecular weight is 258 g/mol. The van der Waals surface area contributed by atoms with Gasteiger partial charge < -0.3 is 10.4 Å². The van der Waals surface area contributed by atoms with E-state index >= 15 is 0 Å². The van der Waals surface area contributed by atoms with Crippen LogP contribution < -0.4 is 5.32 Å². The lowest BCUT2D eigenvalue weighted by atomic mass is 10.00. The third-order valence-corrected chi connectivity index (χ3v) is 3.27. The highest BCUT2D eigenvalue weighted by molar-refractivity contribution is 6.30. The lowest BCUT2D eigenvalue weighted by Crippen LogP contribution is -2.38. The van der Waals surface area contributed by atoms with Gasteiger partial charge in [-0.15, -0.1) is 0 Å². The van der Waals surface area contributed by atoms with Crippen molar-refractivity contribution in [3.8, 4) is 0 Å². The number of rotatable bonds is 6. The van der Waals surface area contributed by atoms with E-state index in [0.29, 0.717) is 5.15 Å². The van der Waals surface area contributed by atoms with Crippen LogP contribution in [0.15, 0.2) is 6.33 Å². The summed E-state index contributed by atoms with van der Waals surface area (Å²) in [6.07, 6.45) is 4.05. The SMILES string of the molecule is CCCc1c(Cl)ncnc1NC(C)(CC)CO. The normalized spacial score (nSPS) is 14.4. The molecule has 0 aromatic carbocycles. The zero-order valence-corrected chi connectivity index (χ0v) is 11.4. The van der Waals surface area contributed by atoms with Crippen molar-refractivity contribution in [1.82, 2.24) is 9.97 Å². The number of nitrogens with zero attached hydrogens (tertiary/aromatic N) is 2. The third kappa shape index (κ3) is 3.54. The van der Waals surface area contributed by atoms with E-state index in [0.717, 1.165) is 30.6 Å². The molecule has 17 heavy (non-hydrogen) atoms. The zero-order valence-electron chi connectivity index (χ0n) is 10.6. The highest BCUT2D eigenvalue weighted by Crippen LogP contribution is 2.25. The summed E-state index contributed by atoms with van der Waals surface area (Å²) in [5.74, 6) is 0.727. The number of aliphatic hydroxyl groups is 1. The Kier molecular flexibility index (Phi) is 5.15. The molecule has 0 spiro atoms. The second kappa shape index (κ2) is 6.17. The van der Waals surface area contributed by atoms with E-state index < -0.39 is 0 Å². The molecule has 0 saturated carbocycles. The van der Waals surface area contributed by atoms with Crippen LogP contribution in [0.3, 0.4) is 0 Å². The van der Waals surface area contributed by atoms with Gasteiger partial charge in [0.2, 0.25) is 0 Å². The van der Waals surface area contributed by atoms with Gasteiger partial charge >= 0.3 is 0 Å². The summed E-state index contributed by atoms with van der Waals surface area (Å²) >= 11 is 6.07. The van der Waals surface area contributed by atoms with Crippen molar-refractivity contribution in [3.05, 3.63) is 17.0 Å². The number of hydrogen-bond donors (Lipinski definition) is 2. The Labute approximate surface area is 107 Å². The molecule has 1 atom stereocenters. The van der Waals surface area contributed by atoms with Crippen LogP contribution in [-0.2, 0) is 6.42 Å². The van der Waals surface area contributed by atoms with Gasteiger partial charge in [-0.3, -0.25) is 0 Å². The second-order valence-electron chi connectivity index (χ2n) is 4.44. The number of halogens is 1. The molecule has 1 rings (SSSR count). The van der Waals surface area contributed by atoms with Gasteiger partial charge in [-0.1, -0.05) is 31.9 Å². The summed E-state index contributed by atoms with van der Waals surface area (Å²) in [5.41, 5.74) is 0.546. The largest absolute Gasteiger partial charge is 0.394 e. The smallest absolute Gasteiger partial charge is 0.137 e. The summed E-state index contributed by atoms with van der Waals surface area (Å²) < 4.78 is 0. The van der Waals surface area contributed by atoms with Gasteiger partial charge in [0.25, 0.3) is 0 Å². The Morgan fingerprint density at radius 3 is 2.65 bits per heavy atom. The van der Waals surface area contributed by atoms with Crippen LogP contribution in [0.4, 0.5) is 5.82 Å². The van der Waals surface area contributed by atoms with Crippen molar-refractivity contribution in [1.29, 1.82) is 0 Å². The number of aromatic nitrogens is 2. The van der Waals surface area contributed by atoms with Gasteiger partial charge in [-0.25, -0.2) is 9.97 Å². The molecule has 0 radical (unpaired) electrons. The van der Waals surface area contributed by atoms with Gasteiger partial charge in [-0.05, 0) is 19.8 Å². The lowest BCUT2D eigenvalue weighted by molar-refractivity contribution is 0.218. The molecular formula is C12H20ClN3O.